The van der Waals surface area contributed by atoms with Gasteiger partial charge in [-0.2, -0.15) is 0 Å². The van der Waals surface area contributed by atoms with E-state index in [0.29, 0.717) is 12.1 Å². The molecule has 0 spiro atoms. The van der Waals surface area contributed by atoms with Gasteiger partial charge in [0, 0.05) is 12.4 Å². The van der Waals surface area contributed by atoms with E-state index >= 15 is 0 Å². The third-order valence-corrected chi connectivity index (χ3v) is 5.65. The SMILES string of the molecule is CC1C(C)N(C)[CH-]N1C.C[CH]=[Ru]([Cl])[Cl].c1ccncc1. The maximum absolute atomic E-state index is 5.32. The van der Waals surface area contributed by atoms with Crippen molar-refractivity contribution in [2.45, 2.75) is 32.9 Å². The molecule has 1 saturated heterocycles. The number of pyridine rings is 1. The van der Waals surface area contributed by atoms with Crippen molar-refractivity contribution in [1.29, 1.82) is 0 Å². The van der Waals surface area contributed by atoms with Crippen LogP contribution in [0.2, 0.25) is 0 Å². The van der Waals surface area contributed by atoms with Gasteiger partial charge in [-0.1, -0.05) is 19.9 Å². The minimum Gasteiger partial charge on any atom is -0.265 e. The number of hydrogen-bond donors (Lipinski definition) is 0. The average molecular weight is 406 g/mol. The fourth-order valence-corrected chi connectivity index (χ4v) is 1.49. The molecule has 20 heavy (non-hydrogen) atoms. The summed E-state index contributed by atoms with van der Waals surface area (Å²) in [6, 6.07) is 7.04. The summed E-state index contributed by atoms with van der Waals surface area (Å²) in [5, 5.41) is 0. The summed E-state index contributed by atoms with van der Waals surface area (Å²) in [5.41, 5.74) is 0. The number of hydrogen-bond acceptors (Lipinski definition) is 3. The summed E-state index contributed by atoms with van der Waals surface area (Å²) in [4.78, 5) is 8.27. The molecule has 0 aromatic carbocycles. The Morgan fingerprint density at radius 2 is 1.45 bits per heavy atom. The Bertz CT molecular complexity index is 333. The molecule has 1 aliphatic heterocycles. The molecule has 2 unspecified atom stereocenters. The molecule has 0 saturated carbocycles. The molecule has 2 atom stereocenters. The summed E-state index contributed by atoms with van der Waals surface area (Å²) >= 11 is -1.36. The predicted molar refractivity (Wildman–Crippen MR) is 86.4 cm³/mol. The molecule has 2 rings (SSSR count). The summed E-state index contributed by atoms with van der Waals surface area (Å²) in [6.45, 7) is 8.50. The Labute approximate surface area is 136 Å². The standard InChI is InChI=1S/C7H15N2.C5H5N.C2H4.2ClH.Ru/c1-6-7(2)9(4)5-8(6)3;1-2-4-6-5-3-1;1-2;;;/h5-7H,1-4H3;1-5H;1H,2H3;2*1H;/q-1;;;;;+2/p-2. The normalized spacial score (nSPS) is 23.1. The van der Waals surface area contributed by atoms with E-state index in [2.05, 4.69) is 49.4 Å². The van der Waals surface area contributed by atoms with Crippen molar-refractivity contribution in [1.82, 2.24) is 14.8 Å². The van der Waals surface area contributed by atoms with E-state index < -0.39 is 13.5 Å². The summed E-state index contributed by atoms with van der Waals surface area (Å²) in [5.74, 6) is 0. The van der Waals surface area contributed by atoms with Crippen molar-refractivity contribution in [3.63, 3.8) is 0 Å². The molecular weight excluding hydrogens is 382 g/mol. The third-order valence-electron chi connectivity index (χ3n) is 3.07. The van der Waals surface area contributed by atoms with Crippen LogP contribution in [0.25, 0.3) is 0 Å². The van der Waals surface area contributed by atoms with Crippen molar-refractivity contribution in [3.8, 4) is 0 Å². The first-order valence-corrected chi connectivity index (χ1v) is 11.8. The van der Waals surface area contributed by atoms with Crippen LogP contribution in [-0.4, -0.2) is 45.6 Å². The van der Waals surface area contributed by atoms with Crippen molar-refractivity contribution in [3.05, 3.63) is 37.3 Å². The largest absolute Gasteiger partial charge is 0.265 e. The van der Waals surface area contributed by atoms with Crippen LogP contribution in [0.4, 0.5) is 0 Å². The monoisotopic (exact) mass is 406 g/mol. The van der Waals surface area contributed by atoms with Gasteiger partial charge in [0.1, 0.15) is 0 Å². The zero-order valence-corrected chi connectivity index (χ0v) is 15.9. The minimum absolute atomic E-state index is 0.662. The van der Waals surface area contributed by atoms with Gasteiger partial charge >= 0.3 is 44.4 Å². The van der Waals surface area contributed by atoms with Crippen LogP contribution in [0, 0.1) is 6.67 Å². The van der Waals surface area contributed by atoms with Gasteiger partial charge in [0.25, 0.3) is 0 Å². The fraction of sp³-hybridized carbons (Fsp3) is 0.500. The second kappa shape index (κ2) is 11.8. The summed E-state index contributed by atoms with van der Waals surface area (Å²) in [6.07, 6.45) is 3.50. The van der Waals surface area contributed by atoms with Crippen molar-refractivity contribution < 1.29 is 13.5 Å². The van der Waals surface area contributed by atoms with Crippen LogP contribution < -0.4 is 0 Å². The van der Waals surface area contributed by atoms with Crippen molar-refractivity contribution in [2.75, 3.05) is 14.1 Å². The number of rotatable bonds is 0. The molecule has 0 amide bonds. The van der Waals surface area contributed by atoms with E-state index in [-0.39, 0.29) is 0 Å². The Hall–Kier alpha value is 0.143. The van der Waals surface area contributed by atoms with Crippen molar-refractivity contribution >= 4 is 24.0 Å². The van der Waals surface area contributed by atoms with Gasteiger partial charge in [0.2, 0.25) is 0 Å². The van der Waals surface area contributed by atoms with E-state index in [1.165, 1.54) is 0 Å². The molecular formula is C14H24Cl2N3Ru-. The molecule has 118 valence electrons. The van der Waals surface area contributed by atoms with Crippen molar-refractivity contribution in [2.24, 2.45) is 0 Å². The van der Waals surface area contributed by atoms with Gasteiger partial charge in [0.05, 0.1) is 0 Å². The first-order chi connectivity index (χ1) is 9.40. The molecule has 1 aliphatic rings. The molecule has 0 N–H and O–H groups in total. The molecule has 1 aromatic heterocycles. The van der Waals surface area contributed by atoms with Crippen LogP contribution in [0.3, 0.4) is 0 Å². The third kappa shape index (κ3) is 9.15. The van der Waals surface area contributed by atoms with Gasteiger partial charge in [-0.25, -0.2) is 6.67 Å². The second-order valence-electron chi connectivity index (χ2n) is 4.36. The molecule has 1 fully saturated rings. The van der Waals surface area contributed by atoms with E-state index in [4.69, 9.17) is 19.4 Å². The molecule has 6 heteroatoms. The molecule has 3 nitrogen and oxygen atoms in total. The Morgan fingerprint density at radius 3 is 1.55 bits per heavy atom. The Kier molecular flexibility index (Phi) is 11.8. The maximum Gasteiger partial charge on any atom is 0.0267 e. The van der Waals surface area contributed by atoms with Gasteiger partial charge in [-0.05, 0) is 38.3 Å². The average Bonchev–Trinajstić information content (AvgIpc) is 2.68. The quantitative estimate of drug-likeness (QED) is 0.485. The van der Waals surface area contributed by atoms with Crippen LogP contribution in [0.5, 0.6) is 0 Å². The fourth-order valence-electron chi connectivity index (χ4n) is 1.49. The summed E-state index contributed by atoms with van der Waals surface area (Å²) < 4.78 is 1.84. The van der Waals surface area contributed by atoms with Gasteiger partial charge < -0.3 is 9.80 Å². The predicted octanol–water partition coefficient (Wildman–Crippen LogP) is 3.58. The van der Waals surface area contributed by atoms with E-state index in [0.717, 1.165) is 0 Å². The Balaban J connectivity index is 0.000000288. The first kappa shape index (κ1) is 20.1. The smallest absolute Gasteiger partial charge is 0.0267 e. The number of likely N-dealkylation sites (N-methyl/N-ethyl adjacent to an activating group) is 2. The number of aromatic nitrogens is 1. The second-order valence-corrected chi connectivity index (χ2v) is 10.6. The zero-order chi connectivity index (χ0) is 15.5. The summed E-state index contributed by atoms with van der Waals surface area (Å²) in [7, 11) is 14.9. The van der Waals surface area contributed by atoms with E-state index in [9.17, 15) is 0 Å². The van der Waals surface area contributed by atoms with Crippen LogP contribution in [0.1, 0.15) is 20.8 Å². The number of halogens is 2. The van der Waals surface area contributed by atoms with Crippen LogP contribution in [-0.2, 0) is 13.5 Å². The van der Waals surface area contributed by atoms with Crippen LogP contribution >= 0.6 is 19.4 Å². The maximum atomic E-state index is 5.32. The first-order valence-electron chi connectivity index (χ1n) is 6.31. The Morgan fingerprint density at radius 1 is 1.05 bits per heavy atom. The molecule has 0 radical (unpaired) electrons. The molecule has 1 aromatic rings. The number of nitrogens with zero attached hydrogens (tertiary/aromatic N) is 3. The minimum atomic E-state index is -1.36. The zero-order valence-electron chi connectivity index (χ0n) is 12.6. The van der Waals surface area contributed by atoms with E-state index in [1.807, 2.05) is 29.7 Å². The molecule has 2 heterocycles. The van der Waals surface area contributed by atoms with Gasteiger partial charge in [-0.3, -0.25) is 4.98 Å². The van der Waals surface area contributed by atoms with Gasteiger partial charge in [0.15, 0.2) is 0 Å². The van der Waals surface area contributed by atoms with Gasteiger partial charge in [-0.15, -0.1) is 0 Å². The molecule has 0 bridgehead atoms. The van der Waals surface area contributed by atoms with E-state index in [1.54, 1.807) is 12.4 Å². The topological polar surface area (TPSA) is 19.4 Å². The van der Waals surface area contributed by atoms with Crippen LogP contribution in [0.15, 0.2) is 30.6 Å². The molecule has 0 aliphatic carbocycles.